The SMILES string of the molecule is CCOCCOC1CC(C)CCC1C(=O)O. The van der Waals surface area contributed by atoms with Crippen LogP contribution < -0.4 is 0 Å². The van der Waals surface area contributed by atoms with E-state index in [1.165, 1.54) is 0 Å². The molecular formula is C12H22O4. The molecule has 0 amide bonds. The second-order valence-electron chi connectivity index (χ2n) is 4.47. The zero-order valence-corrected chi connectivity index (χ0v) is 10.1. The molecule has 0 spiro atoms. The molecule has 1 aliphatic rings. The van der Waals surface area contributed by atoms with Gasteiger partial charge in [0.25, 0.3) is 0 Å². The summed E-state index contributed by atoms with van der Waals surface area (Å²) in [6, 6.07) is 0. The predicted molar refractivity (Wildman–Crippen MR) is 60.4 cm³/mol. The van der Waals surface area contributed by atoms with Gasteiger partial charge in [-0.3, -0.25) is 4.79 Å². The van der Waals surface area contributed by atoms with Crippen LogP contribution in [0.1, 0.15) is 33.1 Å². The highest BCUT2D eigenvalue weighted by atomic mass is 16.5. The van der Waals surface area contributed by atoms with E-state index in [9.17, 15) is 4.79 Å². The molecule has 0 bridgehead atoms. The van der Waals surface area contributed by atoms with Crippen LogP contribution >= 0.6 is 0 Å². The Morgan fingerprint density at radius 3 is 2.75 bits per heavy atom. The normalized spacial score (nSPS) is 30.2. The molecule has 0 aromatic carbocycles. The summed E-state index contributed by atoms with van der Waals surface area (Å²) in [5, 5.41) is 9.09. The topological polar surface area (TPSA) is 55.8 Å². The van der Waals surface area contributed by atoms with Gasteiger partial charge in [-0.1, -0.05) is 6.92 Å². The Morgan fingerprint density at radius 2 is 2.12 bits per heavy atom. The zero-order chi connectivity index (χ0) is 12.0. The van der Waals surface area contributed by atoms with Crippen molar-refractivity contribution in [2.24, 2.45) is 11.8 Å². The number of hydrogen-bond donors (Lipinski definition) is 1. The standard InChI is InChI=1S/C12H22O4/c1-3-15-6-7-16-11-8-9(2)4-5-10(11)12(13)14/h9-11H,3-8H2,1-2H3,(H,13,14). The fraction of sp³-hybridized carbons (Fsp3) is 0.917. The lowest BCUT2D eigenvalue weighted by Crippen LogP contribution is -2.36. The van der Waals surface area contributed by atoms with Crippen LogP contribution in [0.5, 0.6) is 0 Å². The Hall–Kier alpha value is -0.610. The molecule has 4 heteroatoms. The van der Waals surface area contributed by atoms with Crippen molar-refractivity contribution in [3.8, 4) is 0 Å². The van der Waals surface area contributed by atoms with E-state index in [4.69, 9.17) is 14.6 Å². The molecule has 94 valence electrons. The van der Waals surface area contributed by atoms with E-state index >= 15 is 0 Å². The summed E-state index contributed by atoms with van der Waals surface area (Å²) in [4.78, 5) is 11.0. The van der Waals surface area contributed by atoms with Gasteiger partial charge in [0.1, 0.15) is 0 Å². The minimum Gasteiger partial charge on any atom is -0.481 e. The van der Waals surface area contributed by atoms with Crippen molar-refractivity contribution in [1.82, 2.24) is 0 Å². The fourth-order valence-corrected chi connectivity index (χ4v) is 2.20. The number of rotatable bonds is 6. The Morgan fingerprint density at radius 1 is 1.38 bits per heavy atom. The summed E-state index contributed by atoms with van der Waals surface area (Å²) in [5.74, 6) is -0.501. The zero-order valence-electron chi connectivity index (χ0n) is 10.1. The van der Waals surface area contributed by atoms with Crippen molar-refractivity contribution in [1.29, 1.82) is 0 Å². The van der Waals surface area contributed by atoms with Crippen molar-refractivity contribution < 1.29 is 19.4 Å². The fourth-order valence-electron chi connectivity index (χ4n) is 2.20. The van der Waals surface area contributed by atoms with Gasteiger partial charge in [0.15, 0.2) is 0 Å². The molecule has 1 aliphatic carbocycles. The van der Waals surface area contributed by atoms with E-state index in [-0.39, 0.29) is 12.0 Å². The van der Waals surface area contributed by atoms with E-state index in [1.807, 2.05) is 6.92 Å². The minimum atomic E-state index is -0.728. The van der Waals surface area contributed by atoms with Crippen LogP contribution in [0.4, 0.5) is 0 Å². The van der Waals surface area contributed by atoms with Crippen LogP contribution in [0.25, 0.3) is 0 Å². The highest BCUT2D eigenvalue weighted by molar-refractivity contribution is 5.70. The molecule has 16 heavy (non-hydrogen) atoms. The average molecular weight is 230 g/mol. The van der Waals surface area contributed by atoms with E-state index in [1.54, 1.807) is 0 Å². The van der Waals surface area contributed by atoms with Crippen molar-refractivity contribution in [3.05, 3.63) is 0 Å². The van der Waals surface area contributed by atoms with Gasteiger partial charge in [0, 0.05) is 6.61 Å². The number of carboxylic acids is 1. The highest BCUT2D eigenvalue weighted by Gasteiger charge is 2.34. The number of hydrogen-bond acceptors (Lipinski definition) is 3. The van der Waals surface area contributed by atoms with Gasteiger partial charge in [0.2, 0.25) is 0 Å². The first-order valence-corrected chi connectivity index (χ1v) is 6.07. The predicted octanol–water partition coefficient (Wildman–Crippen LogP) is 1.93. The molecule has 1 rings (SSSR count). The average Bonchev–Trinajstić information content (AvgIpc) is 2.24. The van der Waals surface area contributed by atoms with Crippen LogP contribution in [0.3, 0.4) is 0 Å². The summed E-state index contributed by atoms with van der Waals surface area (Å²) in [6.07, 6.45) is 2.43. The Bertz CT molecular complexity index is 217. The van der Waals surface area contributed by atoms with E-state index in [0.29, 0.717) is 25.7 Å². The monoisotopic (exact) mass is 230 g/mol. The van der Waals surface area contributed by atoms with Crippen LogP contribution in [-0.4, -0.2) is 37.0 Å². The van der Waals surface area contributed by atoms with Crippen molar-refractivity contribution in [3.63, 3.8) is 0 Å². The largest absolute Gasteiger partial charge is 0.481 e. The number of ether oxygens (including phenoxy) is 2. The molecule has 4 nitrogen and oxygen atoms in total. The molecule has 0 radical (unpaired) electrons. The van der Waals surface area contributed by atoms with Crippen LogP contribution in [0.2, 0.25) is 0 Å². The first-order chi connectivity index (χ1) is 7.65. The lowest BCUT2D eigenvalue weighted by Gasteiger charge is -2.32. The number of carbonyl (C=O) groups is 1. The number of aliphatic carboxylic acids is 1. The minimum absolute atomic E-state index is 0.137. The van der Waals surface area contributed by atoms with Crippen molar-refractivity contribution in [2.75, 3.05) is 19.8 Å². The summed E-state index contributed by atoms with van der Waals surface area (Å²) >= 11 is 0. The second kappa shape index (κ2) is 6.86. The van der Waals surface area contributed by atoms with Gasteiger partial charge in [-0.15, -0.1) is 0 Å². The lowest BCUT2D eigenvalue weighted by molar-refractivity contribution is -0.151. The second-order valence-corrected chi connectivity index (χ2v) is 4.47. The molecule has 3 unspecified atom stereocenters. The van der Waals surface area contributed by atoms with Crippen molar-refractivity contribution in [2.45, 2.75) is 39.2 Å². The molecule has 0 aromatic rings. The third-order valence-electron chi connectivity index (χ3n) is 3.13. The summed E-state index contributed by atoms with van der Waals surface area (Å²) in [5.41, 5.74) is 0. The maximum absolute atomic E-state index is 11.0. The summed E-state index contributed by atoms with van der Waals surface area (Å²) in [7, 11) is 0. The molecule has 0 heterocycles. The first kappa shape index (κ1) is 13.5. The van der Waals surface area contributed by atoms with Crippen LogP contribution in [0.15, 0.2) is 0 Å². The van der Waals surface area contributed by atoms with Gasteiger partial charge < -0.3 is 14.6 Å². The first-order valence-electron chi connectivity index (χ1n) is 6.07. The molecule has 1 N–H and O–H groups in total. The molecular weight excluding hydrogens is 208 g/mol. The lowest BCUT2D eigenvalue weighted by atomic mass is 9.80. The Labute approximate surface area is 96.9 Å². The molecule has 1 saturated carbocycles. The molecule has 0 saturated heterocycles. The quantitative estimate of drug-likeness (QED) is 0.708. The molecule has 3 atom stereocenters. The molecule has 0 aliphatic heterocycles. The summed E-state index contributed by atoms with van der Waals surface area (Å²) in [6.45, 7) is 5.80. The van der Waals surface area contributed by atoms with Gasteiger partial charge >= 0.3 is 5.97 Å². The third kappa shape index (κ3) is 4.10. The molecule has 1 fully saturated rings. The third-order valence-corrected chi connectivity index (χ3v) is 3.13. The van der Waals surface area contributed by atoms with Gasteiger partial charge in [0.05, 0.1) is 25.2 Å². The molecule has 0 aromatic heterocycles. The van der Waals surface area contributed by atoms with E-state index < -0.39 is 5.97 Å². The summed E-state index contributed by atoms with van der Waals surface area (Å²) < 4.78 is 10.8. The van der Waals surface area contributed by atoms with Gasteiger partial charge in [-0.2, -0.15) is 0 Å². The van der Waals surface area contributed by atoms with E-state index in [0.717, 1.165) is 19.3 Å². The van der Waals surface area contributed by atoms with Gasteiger partial charge in [-0.25, -0.2) is 0 Å². The number of carboxylic acid groups (broad SMARTS) is 1. The van der Waals surface area contributed by atoms with Gasteiger partial charge in [-0.05, 0) is 32.1 Å². The maximum atomic E-state index is 11.0. The van der Waals surface area contributed by atoms with E-state index in [2.05, 4.69) is 6.92 Å². The Kier molecular flexibility index (Phi) is 5.77. The van der Waals surface area contributed by atoms with Crippen molar-refractivity contribution >= 4 is 5.97 Å². The smallest absolute Gasteiger partial charge is 0.309 e. The Balaban J connectivity index is 2.35. The van der Waals surface area contributed by atoms with Crippen LogP contribution in [0, 0.1) is 11.8 Å². The highest BCUT2D eigenvalue weighted by Crippen LogP contribution is 2.31. The maximum Gasteiger partial charge on any atom is 0.309 e. The van der Waals surface area contributed by atoms with Crippen LogP contribution in [-0.2, 0) is 14.3 Å².